The van der Waals surface area contributed by atoms with Crippen LogP contribution >= 0.6 is 0 Å². The third-order valence-corrected chi connectivity index (χ3v) is 3.49. The Morgan fingerprint density at radius 2 is 1.88 bits per heavy atom. The van der Waals surface area contributed by atoms with Crippen LogP contribution in [0.3, 0.4) is 0 Å². The van der Waals surface area contributed by atoms with Crippen LogP contribution in [0.4, 0.5) is 0 Å². The van der Waals surface area contributed by atoms with Crippen LogP contribution in [0.5, 0.6) is 11.5 Å². The average molecular weight is 222 g/mol. The van der Waals surface area contributed by atoms with Gasteiger partial charge in [-0.05, 0) is 25.3 Å². The highest BCUT2D eigenvalue weighted by Gasteiger charge is 2.48. The van der Waals surface area contributed by atoms with E-state index in [1.54, 1.807) is 19.1 Å². The lowest BCUT2D eigenvalue weighted by atomic mass is 9.64. The molecule has 16 heavy (non-hydrogen) atoms. The van der Waals surface area contributed by atoms with Gasteiger partial charge in [0.25, 0.3) is 0 Å². The van der Waals surface area contributed by atoms with Crippen molar-refractivity contribution in [2.75, 3.05) is 0 Å². The van der Waals surface area contributed by atoms with Crippen molar-refractivity contribution < 1.29 is 20.1 Å². The number of aliphatic carboxylic acids is 1. The van der Waals surface area contributed by atoms with Gasteiger partial charge in [0.05, 0.1) is 5.41 Å². The standard InChI is InChI=1S/C12H14O4/c1-7-3-4-8(10(14)9(7)13)12(11(15)16)5-2-6-12/h3-4,13-14H,2,5-6H2,1H3,(H,15,16). The van der Waals surface area contributed by atoms with E-state index in [-0.39, 0.29) is 11.5 Å². The van der Waals surface area contributed by atoms with E-state index >= 15 is 0 Å². The number of hydrogen-bond acceptors (Lipinski definition) is 3. The third kappa shape index (κ3) is 1.26. The van der Waals surface area contributed by atoms with Crippen molar-refractivity contribution in [3.63, 3.8) is 0 Å². The molecule has 4 nitrogen and oxygen atoms in total. The maximum absolute atomic E-state index is 11.3. The molecule has 0 unspecified atom stereocenters. The van der Waals surface area contributed by atoms with E-state index in [9.17, 15) is 20.1 Å². The number of phenolic OH excluding ortho intramolecular Hbond substituents is 2. The first-order valence-electron chi connectivity index (χ1n) is 5.24. The molecule has 0 aromatic heterocycles. The summed E-state index contributed by atoms with van der Waals surface area (Å²) in [5, 5.41) is 28.7. The number of carbonyl (C=O) groups is 1. The molecular formula is C12H14O4. The van der Waals surface area contributed by atoms with Gasteiger partial charge in [-0.15, -0.1) is 0 Å². The summed E-state index contributed by atoms with van der Waals surface area (Å²) in [5.41, 5.74) is -0.134. The minimum atomic E-state index is -1.00. The van der Waals surface area contributed by atoms with Crippen LogP contribution in [0.15, 0.2) is 12.1 Å². The summed E-state index contributed by atoms with van der Waals surface area (Å²) in [7, 11) is 0. The van der Waals surface area contributed by atoms with Crippen LogP contribution in [0.1, 0.15) is 30.4 Å². The first-order valence-corrected chi connectivity index (χ1v) is 5.24. The van der Waals surface area contributed by atoms with Crippen LogP contribution in [0, 0.1) is 6.92 Å². The smallest absolute Gasteiger partial charge is 0.314 e. The van der Waals surface area contributed by atoms with Gasteiger partial charge >= 0.3 is 5.97 Å². The second-order valence-corrected chi connectivity index (χ2v) is 4.37. The number of rotatable bonds is 2. The predicted molar refractivity (Wildman–Crippen MR) is 57.7 cm³/mol. The lowest BCUT2D eigenvalue weighted by Gasteiger charge is -2.38. The number of phenols is 2. The third-order valence-electron chi connectivity index (χ3n) is 3.49. The van der Waals surface area contributed by atoms with Crippen molar-refractivity contribution in [2.45, 2.75) is 31.6 Å². The Hall–Kier alpha value is -1.71. The fraction of sp³-hybridized carbons (Fsp3) is 0.417. The van der Waals surface area contributed by atoms with Gasteiger partial charge in [-0.1, -0.05) is 18.6 Å². The largest absolute Gasteiger partial charge is 0.504 e. The summed E-state index contributed by atoms with van der Waals surface area (Å²) in [6, 6.07) is 3.23. The molecule has 0 atom stereocenters. The Morgan fingerprint density at radius 3 is 2.31 bits per heavy atom. The first kappa shape index (κ1) is 10.8. The number of hydrogen-bond donors (Lipinski definition) is 3. The molecule has 0 spiro atoms. The molecule has 1 aromatic rings. The summed E-state index contributed by atoms with van der Waals surface area (Å²) < 4.78 is 0. The number of carboxylic acids is 1. The molecule has 2 rings (SSSR count). The normalized spacial score (nSPS) is 17.8. The lowest BCUT2D eigenvalue weighted by Crippen LogP contribution is -2.42. The predicted octanol–water partition coefficient (Wildman–Crippen LogP) is 1.91. The number of carboxylic acid groups (broad SMARTS) is 1. The molecule has 1 aliphatic rings. The van der Waals surface area contributed by atoms with Crippen molar-refractivity contribution in [2.24, 2.45) is 0 Å². The van der Waals surface area contributed by atoms with Crippen LogP contribution in [0.25, 0.3) is 0 Å². The van der Waals surface area contributed by atoms with Crippen molar-refractivity contribution in [3.8, 4) is 11.5 Å². The minimum absolute atomic E-state index is 0.218. The Bertz CT molecular complexity index is 447. The molecule has 1 aliphatic carbocycles. The SMILES string of the molecule is Cc1ccc(C2(C(=O)O)CCC2)c(O)c1O. The van der Waals surface area contributed by atoms with E-state index in [2.05, 4.69) is 0 Å². The van der Waals surface area contributed by atoms with Crippen LogP contribution in [-0.2, 0) is 10.2 Å². The number of aryl methyl sites for hydroxylation is 1. The maximum atomic E-state index is 11.3. The highest BCUT2D eigenvalue weighted by Crippen LogP contribution is 2.49. The molecule has 1 fully saturated rings. The zero-order valence-corrected chi connectivity index (χ0v) is 9.03. The number of aromatic hydroxyl groups is 2. The van der Waals surface area contributed by atoms with Gasteiger partial charge in [-0.2, -0.15) is 0 Å². The highest BCUT2D eigenvalue weighted by molar-refractivity contribution is 5.84. The van der Waals surface area contributed by atoms with Crippen molar-refractivity contribution in [1.82, 2.24) is 0 Å². The molecule has 0 radical (unpaired) electrons. The summed E-state index contributed by atoms with van der Waals surface area (Å²) in [6.45, 7) is 1.66. The monoisotopic (exact) mass is 222 g/mol. The van der Waals surface area contributed by atoms with Crippen LogP contribution in [0.2, 0.25) is 0 Å². The minimum Gasteiger partial charge on any atom is -0.504 e. The van der Waals surface area contributed by atoms with E-state index < -0.39 is 11.4 Å². The molecule has 0 heterocycles. The molecule has 0 aliphatic heterocycles. The quantitative estimate of drug-likeness (QED) is 0.668. The van der Waals surface area contributed by atoms with Gasteiger partial charge in [0.1, 0.15) is 0 Å². The lowest BCUT2D eigenvalue weighted by molar-refractivity contribution is -0.147. The van der Waals surface area contributed by atoms with E-state index in [0.717, 1.165) is 6.42 Å². The zero-order valence-electron chi connectivity index (χ0n) is 9.03. The molecule has 1 aromatic carbocycles. The number of benzene rings is 1. The Labute approximate surface area is 93.2 Å². The van der Waals surface area contributed by atoms with Gasteiger partial charge in [-0.3, -0.25) is 4.79 Å². The van der Waals surface area contributed by atoms with Crippen molar-refractivity contribution in [1.29, 1.82) is 0 Å². The molecule has 0 saturated heterocycles. The second-order valence-electron chi connectivity index (χ2n) is 4.37. The fourth-order valence-electron chi connectivity index (χ4n) is 2.20. The van der Waals surface area contributed by atoms with E-state index in [4.69, 9.17) is 0 Å². The average Bonchev–Trinajstić information content (AvgIpc) is 2.16. The Morgan fingerprint density at radius 1 is 1.25 bits per heavy atom. The van der Waals surface area contributed by atoms with Gasteiger partial charge in [0.2, 0.25) is 0 Å². The topological polar surface area (TPSA) is 77.8 Å². The molecule has 4 heteroatoms. The molecule has 1 saturated carbocycles. The first-order chi connectivity index (χ1) is 7.49. The maximum Gasteiger partial charge on any atom is 0.314 e. The Kier molecular flexibility index (Phi) is 2.30. The second kappa shape index (κ2) is 3.40. The van der Waals surface area contributed by atoms with E-state index in [1.807, 2.05) is 0 Å². The van der Waals surface area contributed by atoms with Crippen molar-refractivity contribution >= 4 is 5.97 Å². The van der Waals surface area contributed by atoms with E-state index in [0.29, 0.717) is 24.0 Å². The molecule has 86 valence electrons. The summed E-state index contributed by atoms with van der Waals surface area (Å²) in [6.07, 6.45) is 1.86. The fourth-order valence-corrected chi connectivity index (χ4v) is 2.20. The van der Waals surface area contributed by atoms with E-state index in [1.165, 1.54) is 0 Å². The summed E-state index contributed by atoms with van der Waals surface area (Å²) in [4.78, 5) is 11.3. The Balaban J connectivity index is 2.56. The van der Waals surface area contributed by atoms with Crippen LogP contribution < -0.4 is 0 Å². The summed E-state index contributed by atoms with van der Waals surface area (Å²) in [5.74, 6) is -1.44. The molecule has 3 N–H and O–H groups in total. The molecular weight excluding hydrogens is 208 g/mol. The highest BCUT2D eigenvalue weighted by atomic mass is 16.4. The summed E-state index contributed by atoms with van der Waals surface area (Å²) >= 11 is 0. The molecule has 0 amide bonds. The van der Waals surface area contributed by atoms with Crippen LogP contribution in [-0.4, -0.2) is 21.3 Å². The van der Waals surface area contributed by atoms with Crippen molar-refractivity contribution in [3.05, 3.63) is 23.3 Å². The van der Waals surface area contributed by atoms with Gasteiger partial charge in [0, 0.05) is 5.56 Å². The van der Waals surface area contributed by atoms with Gasteiger partial charge in [-0.25, -0.2) is 0 Å². The molecule has 0 bridgehead atoms. The van der Waals surface area contributed by atoms with Gasteiger partial charge < -0.3 is 15.3 Å². The van der Waals surface area contributed by atoms with Gasteiger partial charge in [0.15, 0.2) is 11.5 Å². The zero-order chi connectivity index (χ0) is 11.9.